The Balaban J connectivity index is 2.84. The van der Waals surface area contributed by atoms with Crippen molar-refractivity contribution in [1.29, 1.82) is 0 Å². The fourth-order valence-corrected chi connectivity index (χ4v) is 2.88. The molecule has 2 rings (SSSR count). The van der Waals surface area contributed by atoms with E-state index in [9.17, 15) is 13.2 Å². The molecular weight excluding hydrogens is 276 g/mol. The number of sulfonamides is 1. The number of nitrogens with zero attached hydrogens (tertiary/aromatic N) is 1. The van der Waals surface area contributed by atoms with E-state index in [2.05, 4.69) is 4.98 Å². The van der Waals surface area contributed by atoms with Crippen molar-refractivity contribution in [2.45, 2.75) is 5.03 Å². The Kier molecular flexibility index (Phi) is 3.18. The van der Waals surface area contributed by atoms with Crippen molar-refractivity contribution >= 4 is 38.8 Å². The van der Waals surface area contributed by atoms with Gasteiger partial charge in [0, 0.05) is 30.0 Å². The first-order valence-corrected chi connectivity index (χ1v) is 6.88. The Morgan fingerprint density at radius 2 is 2.00 bits per heavy atom. The Morgan fingerprint density at radius 3 is 2.56 bits per heavy atom. The molecule has 2 aromatic rings. The first-order chi connectivity index (χ1) is 8.37. The molecule has 0 bridgehead atoms. The van der Waals surface area contributed by atoms with E-state index in [-0.39, 0.29) is 10.6 Å². The van der Waals surface area contributed by atoms with Gasteiger partial charge in [-0.1, -0.05) is 17.7 Å². The number of aromatic amines is 1. The van der Waals surface area contributed by atoms with Gasteiger partial charge in [-0.05, 0) is 12.1 Å². The van der Waals surface area contributed by atoms with Crippen LogP contribution < -0.4 is 0 Å². The number of halogens is 1. The summed E-state index contributed by atoms with van der Waals surface area (Å²) in [7, 11) is -0.881. The Hall–Kier alpha value is -1.37. The zero-order valence-electron chi connectivity index (χ0n) is 9.77. The number of carbonyl (C=O) groups excluding carboxylic acids is 1. The molecule has 0 aliphatic rings. The quantitative estimate of drug-likeness (QED) is 0.876. The smallest absolute Gasteiger partial charge is 0.258 e. The highest BCUT2D eigenvalue weighted by Gasteiger charge is 2.25. The van der Waals surface area contributed by atoms with Gasteiger partial charge < -0.3 is 4.98 Å². The summed E-state index contributed by atoms with van der Waals surface area (Å²) < 4.78 is 25.2. The number of rotatable bonds is 3. The number of nitrogens with one attached hydrogen (secondary N) is 1. The summed E-state index contributed by atoms with van der Waals surface area (Å²) in [5.74, 6) is 0. The molecule has 1 aromatic heterocycles. The third-order valence-corrected chi connectivity index (χ3v) is 4.66. The van der Waals surface area contributed by atoms with Crippen molar-refractivity contribution in [3.63, 3.8) is 0 Å². The molecule has 18 heavy (non-hydrogen) atoms. The Bertz CT molecular complexity index is 719. The second kappa shape index (κ2) is 4.38. The molecule has 0 saturated carbocycles. The lowest BCUT2D eigenvalue weighted by Gasteiger charge is -2.09. The normalized spacial score (nSPS) is 12.2. The Morgan fingerprint density at radius 1 is 1.33 bits per heavy atom. The lowest BCUT2D eigenvalue weighted by atomic mass is 10.2. The second-order valence-corrected chi connectivity index (χ2v) is 6.49. The third-order valence-electron chi connectivity index (χ3n) is 2.62. The van der Waals surface area contributed by atoms with Gasteiger partial charge in [0.15, 0.2) is 11.3 Å². The highest BCUT2D eigenvalue weighted by atomic mass is 35.5. The molecular formula is C11H11ClN2O3S. The minimum absolute atomic E-state index is 0.111. The van der Waals surface area contributed by atoms with E-state index in [1.807, 2.05) is 0 Å². The van der Waals surface area contributed by atoms with Gasteiger partial charge in [0.05, 0.1) is 5.56 Å². The molecule has 1 aromatic carbocycles. The van der Waals surface area contributed by atoms with Crippen molar-refractivity contribution in [2.24, 2.45) is 0 Å². The van der Waals surface area contributed by atoms with E-state index < -0.39 is 10.0 Å². The maximum absolute atomic E-state index is 12.1. The number of hydrogen-bond donors (Lipinski definition) is 1. The Labute approximate surface area is 109 Å². The molecule has 0 radical (unpaired) electrons. The molecule has 0 atom stereocenters. The van der Waals surface area contributed by atoms with Crippen LogP contribution in [0.3, 0.4) is 0 Å². The van der Waals surface area contributed by atoms with Crippen LogP contribution in [0.2, 0.25) is 5.02 Å². The van der Waals surface area contributed by atoms with Crippen molar-refractivity contribution in [3.8, 4) is 0 Å². The van der Waals surface area contributed by atoms with E-state index in [0.29, 0.717) is 22.2 Å². The molecule has 0 aliphatic heterocycles. The fraction of sp³-hybridized carbons (Fsp3) is 0.182. The van der Waals surface area contributed by atoms with Gasteiger partial charge in [0.1, 0.15) is 0 Å². The van der Waals surface area contributed by atoms with Crippen molar-refractivity contribution in [3.05, 3.63) is 28.8 Å². The molecule has 5 nitrogen and oxygen atoms in total. The first-order valence-electron chi connectivity index (χ1n) is 5.07. The predicted molar refractivity (Wildman–Crippen MR) is 69.6 cm³/mol. The van der Waals surface area contributed by atoms with Gasteiger partial charge in [-0.15, -0.1) is 0 Å². The molecule has 0 unspecified atom stereocenters. The molecule has 1 N–H and O–H groups in total. The van der Waals surface area contributed by atoms with Crippen LogP contribution in [0.5, 0.6) is 0 Å². The van der Waals surface area contributed by atoms with Gasteiger partial charge >= 0.3 is 0 Å². The zero-order valence-corrected chi connectivity index (χ0v) is 11.3. The highest BCUT2D eigenvalue weighted by molar-refractivity contribution is 7.89. The number of benzene rings is 1. The van der Waals surface area contributed by atoms with Crippen molar-refractivity contribution in [1.82, 2.24) is 9.29 Å². The number of hydrogen-bond acceptors (Lipinski definition) is 3. The van der Waals surface area contributed by atoms with Gasteiger partial charge in [-0.2, -0.15) is 0 Å². The first kappa shape index (κ1) is 13.1. The summed E-state index contributed by atoms with van der Waals surface area (Å²) in [6.45, 7) is 0. The third kappa shape index (κ3) is 1.92. The van der Waals surface area contributed by atoms with Gasteiger partial charge in [0.25, 0.3) is 10.0 Å². The number of H-pyrrole nitrogens is 1. The molecule has 0 fully saturated rings. The minimum atomic E-state index is -3.69. The van der Waals surface area contributed by atoms with Crippen LogP contribution >= 0.6 is 11.6 Å². The van der Waals surface area contributed by atoms with E-state index >= 15 is 0 Å². The zero-order chi connectivity index (χ0) is 13.5. The summed E-state index contributed by atoms with van der Waals surface area (Å²) in [4.78, 5) is 13.9. The van der Waals surface area contributed by atoms with Crippen LogP contribution in [0.15, 0.2) is 23.2 Å². The van der Waals surface area contributed by atoms with Gasteiger partial charge in [0.2, 0.25) is 0 Å². The molecule has 0 saturated heterocycles. The maximum atomic E-state index is 12.1. The molecule has 0 amide bonds. The number of aldehydes is 1. The maximum Gasteiger partial charge on any atom is 0.258 e. The standard InChI is InChI=1S/C11H11ClN2O3S/c1-14(2)18(16,17)11-9(6-15)8-4-3-7(12)5-10(8)13-11/h3-6,13H,1-2H3. The summed E-state index contributed by atoms with van der Waals surface area (Å²) in [5.41, 5.74) is 0.639. The number of aromatic nitrogens is 1. The van der Waals surface area contributed by atoms with Crippen LogP contribution in [-0.4, -0.2) is 38.1 Å². The molecule has 7 heteroatoms. The number of fused-ring (bicyclic) bond motifs is 1. The van der Waals surface area contributed by atoms with Crippen LogP contribution in [-0.2, 0) is 10.0 Å². The monoisotopic (exact) mass is 286 g/mol. The van der Waals surface area contributed by atoms with E-state index in [0.717, 1.165) is 4.31 Å². The highest BCUT2D eigenvalue weighted by Crippen LogP contribution is 2.27. The van der Waals surface area contributed by atoms with Crippen molar-refractivity contribution in [2.75, 3.05) is 14.1 Å². The summed E-state index contributed by atoms with van der Waals surface area (Å²) in [6, 6.07) is 4.81. The van der Waals surface area contributed by atoms with Crippen molar-refractivity contribution < 1.29 is 13.2 Å². The van der Waals surface area contributed by atoms with Crippen LogP contribution in [0.4, 0.5) is 0 Å². The minimum Gasteiger partial charge on any atom is -0.344 e. The van der Waals surface area contributed by atoms with Crippen LogP contribution in [0.1, 0.15) is 10.4 Å². The molecule has 0 spiro atoms. The average molecular weight is 287 g/mol. The lowest BCUT2D eigenvalue weighted by molar-refractivity contribution is 0.112. The predicted octanol–water partition coefficient (Wildman–Crippen LogP) is 1.88. The lowest BCUT2D eigenvalue weighted by Crippen LogP contribution is -2.23. The molecule has 1 heterocycles. The fourth-order valence-electron chi connectivity index (χ4n) is 1.67. The SMILES string of the molecule is CN(C)S(=O)(=O)c1[nH]c2cc(Cl)ccc2c1C=O. The number of carbonyl (C=O) groups is 1. The summed E-state index contributed by atoms with van der Waals surface area (Å²) in [5, 5.41) is 0.893. The van der Waals surface area contributed by atoms with Gasteiger partial charge in [-0.25, -0.2) is 12.7 Å². The topological polar surface area (TPSA) is 70.2 Å². The van der Waals surface area contributed by atoms with Crippen LogP contribution in [0.25, 0.3) is 10.9 Å². The van der Waals surface area contributed by atoms with E-state index in [4.69, 9.17) is 11.6 Å². The summed E-state index contributed by atoms with van der Waals surface area (Å²) >= 11 is 5.83. The second-order valence-electron chi connectivity index (χ2n) is 3.96. The van der Waals surface area contributed by atoms with E-state index in [1.54, 1.807) is 18.2 Å². The van der Waals surface area contributed by atoms with Crippen LogP contribution in [0, 0.1) is 0 Å². The summed E-state index contributed by atoms with van der Waals surface area (Å²) in [6.07, 6.45) is 0.531. The molecule has 0 aliphatic carbocycles. The molecule has 96 valence electrons. The average Bonchev–Trinajstić information content (AvgIpc) is 2.66. The largest absolute Gasteiger partial charge is 0.344 e. The van der Waals surface area contributed by atoms with E-state index in [1.165, 1.54) is 14.1 Å². The van der Waals surface area contributed by atoms with Gasteiger partial charge in [-0.3, -0.25) is 4.79 Å².